The van der Waals surface area contributed by atoms with Crippen LogP contribution in [0.1, 0.15) is 29.6 Å². The molecule has 19 heavy (non-hydrogen) atoms. The van der Waals surface area contributed by atoms with Crippen LogP contribution in [0.5, 0.6) is 0 Å². The minimum absolute atomic E-state index is 0.000859. The van der Waals surface area contributed by atoms with Crippen molar-refractivity contribution in [2.24, 2.45) is 0 Å². The molecule has 2 rings (SSSR count). The fourth-order valence-corrected chi connectivity index (χ4v) is 4.05. The molecule has 0 radical (unpaired) electrons. The van der Waals surface area contributed by atoms with Crippen molar-refractivity contribution in [3.05, 3.63) is 23.8 Å². The Hall–Kier alpha value is -1.05. The van der Waals surface area contributed by atoms with Crippen molar-refractivity contribution in [1.29, 1.82) is 0 Å². The van der Waals surface area contributed by atoms with E-state index in [9.17, 15) is 13.2 Å². The number of nitrogens with zero attached hydrogens (tertiary/aromatic N) is 1. The number of carboxylic acid groups (broad SMARTS) is 1. The van der Waals surface area contributed by atoms with Crippen LogP contribution in [-0.2, 0) is 10.0 Å². The van der Waals surface area contributed by atoms with Crippen molar-refractivity contribution in [3.8, 4) is 0 Å². The summed E-state index contributed by atoms with van der Waals surface area (Å²) in [6.07, 6.45) is 2.77. The molecular formula is C12H15NO4S2. The number of rotatable bonds is 3. The molecule has 104 valence electrons. The van der Waals surface area contributed by atoms with E-state index in [1.807, 2.05) is 0 Å². The van der Waals surface area contributed by atoms with Crippen molar-refractivity contribution < 1.29 is 18.3 Å². The summed E-state index contributed by atoms with van der Waals surface area (Å²) in [7, 11) is -3.54. The maximum absolute atomic E-state index is 12.4. The number of carbonyl (C=O) groups is 1. The zero-order valence-electron chi connectivity index (χ0n) is 10.2. The fraction of sp³-hybridized carbons (Fsp3) is 0.417. The van der Waals surface area contributed by atoms with Gasteiger partial charge in [0.05, 0.1) is 10.5 Å². The molecule has 1 aromatic carbocycles. The lowest BCUT2D eigenvalue weighted by molar-refractivity contribution is 0.0693. The first-order valence-electron chi connectivity index (χ1n) is 5.99. The molecule has 1 aliphatic heterocycles. The summed E-state index contributed by atoms with van der Waals surface area (Å²) < 4.78 is 26.2. The fourth-order valence-electron chi connectivity index (χ4n) is 2.11. The van der Waals surface area contributed by atoms with Gasteiger partial charge in [-0.2, -0.15) is 4.31 Å². The van der Waals surface area contributed by atoms with Gasteiger partial charge in [0.15, 0.2) is 0 Å². The second-order valence-corrected chi connectivity index (χ2v) is 6.87. The molecule has 0 amide bonds. The maximum atomic E-state index is 12.4. The van der Waals surface area contributed by atoms with Crippen LogP contribution in [0.15, 0.2) is 28.0 Å². The number of aromatic carboxylic acids is 1. The first-order chi connectivity index (χ1) is 8.93. The van der Waals surface area contributed by atoms with E-state index >= 15 is 0 Å². The summed E-state index contributed by atoms with van der Waals surface area (Å²) >= 11 is 4.04. The van der Waals surface area contributed by atoms with Crippen molar-refractivity contribution in [2.75, 3.05) is 13.1 Å². The molecule has 1 heterocycles. The minimum Gasteiger partial charge on any atom is -0.478 e. The van der Waals surface area contributed by atoms with Crippen molar-refractivity contribution in [2.45, 2.75) is 29.1 Å². The number of carboxylic acids is 1. The topological polar surface area (TPSA) is 74.7 Å². The molecule has 1 fully saturated rings. The third-order valence-corrected chi connectivity index (χ3v) is 5.42. The lowest BCUT2D eigenvalue weighted by Crippen LogP contribution is -2.35. The van der Waals surface area contributed by atoms with Crippen LogP contribution in [0.25, 0.3) is 0 Å². The van der Waals surface area contributed by atoms with E-state index in [2.05, 4.69) is 12.6 Å². The number of benzene rings is 1. The first kappa shape index (κ1) is 14.4. The molecule has 7 heteroatoms. The molecule has 0 saturated carbocycles. The van der Waals surface area contributed by atoms with E-state index in [-0.39, 0.29) is 15.4 Å². The third kappa shape index (κ3) is 2.93. The van der Waals surface area contributed by atoms with Gasteiger partial charge in [-0.25, -0.2) is 13.2 Å². The zero-order valence-corrected chi connectivity index (χ0v) is 12.0. The second-order valence-electron chi connectivity index (χ2n) is 4.45. The van der Waals surface area contributed by atoms with Crippen molar-refractivity contribution in [3.63, 3.8) is 0 Å². The zero-order chi connectivity index (χ0) is 14.0. The Morgan fingerprint density at radius 3 is 2.37 bits per heavy atom. The van der Waals surface area contributed by atoms with Gasteiger partial charge in [-0.05, 0) is 31.0 Å². The SMILES string of the molecule is O=C(O)c1ccc(S(=O)(=O)N2CCCCC2)cc1S. The van der Waals surface area contributed by atoms with Gasteiger partial charge in [0, 0.05) is 18.0 Å². The lowest BCUT2D eigenvalue weighted by Gasteiger charge is -2.26. The Bertz CT molecular complexity index is 592. The third-order valence-electron chi connectivity index (χ3n) is 3.15. The van der Waals surface area contributed by atoms with Crippen molar-refractivity contribution in [1.82, 2.24) is 4.31 Å². The summed E-state index contributed by atoms with van der Waals surface area (Å²) in [6.45, 7) is 1.04. The van der Waals surface area contributed by atoms with Gasteiger partial charge in [0.1, 0.15) is 0 Å². The molecule has 0 unspecified atom stereocenters. The number of piperidine rings is 1. The van der Waals surface area contributed by atoms with Crippen LogP contribution < -0.4 is 0 Å². The predicted octanol–water partition coefficient (Wildman–Crippen LogP) is 1.85. The summed E-state index contributed by atoms with van der Waals surface area (Å²) in [6, 6.07) is 3.91. The van der Waals surface area contributed by atoms with Crippen LogP contribution in [0, 0.1) is 0 Å². The van der Waals surface area contributed by atoms with Crippen molar-refractivity contribution >= 4 is 28.6 Å². The summed E-state index contributed by atoms with van der Waals surface area (Å²) in [5, 5.41) is 8.90. The van der Waals surface area contributed by atoms with Crippen LogP contribution in [0.2, 0.25) is 0 Å². The van der Waals surface area contributed by atoms with Gasteiger partial charge >= 0.3 is 5.97 Å². The Labute approximate surface area is 117 Å². The van der Waals surface area contributed by atoms with E-state index in [1.54, 1.807) is 0 Å². The molecule has 5 nitrogen and oxygen atoms in total. The molecule has 0 bridgehead atoms. The maximum Gasteiger partial charge on any atom is 0.336 e. The van der Waals surface area contributed by atoms with E-state index in [0.29, 0.717) is 13.1 Å². The van der Waals surface area contributed by atoms with Gasteiger partial charge in [-0.1, -0.05) is 6.42 Å². The molecule has 0 aromatic heterocycles. The molecule has 1 N–H and O–H groups in total. The van der Waals surface area contributed by atoms with Gasteiger partial charge < -0.3 is 5.11 Å². The quantitative estimate of drug-likeness (QED) is 0.836. The normalized spacial score (nSPS) is 17.3. The van der Waals surface area contributed by atoms with E-state index in [4.69, 9.17) is 5.11 Å². The Morgan fingerprint density at radius 1 is 1.21 bits per heavy atom. The van der Waals surface area contributed by atoms with E-state index in [0.717, 1.165) is 19.3 Å². The van der Waals surface area contributed by atoms with Crippen LogP contribution in [0.4, 0.5) is 0 Å². The highest BCUT2D eigenvalue weighted by molar-refractivity contribution is 7.89. The molecular weight excluding hydrogens is 286 g/mol. The summed E-state index contributed by atoms with van der Waals surface area (Å²) in [4.78, 5) is 11.1. The lowest BCUT2D eigenvalue weighted by atomic mass is 10.2. The smallest absolute Gasteiger partial charge is 0.336 e. The largest absolute Gasteiger partial charge is 0.478 e. The van der Waals surface area contributed by atoms with E-state index in [1.165, 1.54) is 22.5 Å². The van der Waals surface area contributed by atoms with Gasteiger partial charge in [0.25, 0.3) is 0 Å². The highest BCUT2D eigenvalue weighted by Gasteiger charge is 2.26. The molecule has 0 aliphatic carbocycles. The number of hydrogen-bond donors (Lipinski definition) is 2. The minimum atomic E-state index is -3.54. The molecule has 0 atom stereocenters. The molecule has 1 aromatic rings. The average Bonchev–Trinajstić information content (AvgIpc) is 2.39. The molecule has 1 aliphatic rings. The second kappa shape index (κ2) is 5.52. The van der Waals surface area contributed by atoms with Gasteiger partial charge in [-0.3, -0.25) is 0 Å². The number of hydrogen-bond acceptors (Lipinski definition) is 4. The average molecular weight is 301 g/mol. The van der Waals surface area contributed by atoms with Gasteiger partial charge in [-0.15, -0.1) is 12.6 Å². The van der Waals surface area contributed by atoms with Gasteiger partial charge in [0.2, 0.25) is 10.0 Å². The van der Waals surface area contributed by atoms with Crippen LogP contribution in [0.3, 0.4) is 0 Å². The van der Waals surface area contributed by atoms with E-state index < -0.39 is 16.0 Å². The Kier molecular flexibility index (Phi) is 4.17. The highest BCUT2D eigenvalue weighted by atomic mass is 32.2. The molecule has 0 spiro atoms. The number of sulfonamides is 1. The Balaban J connectivity index is 2.35. The molecule has 1 saturated heterocycles. The number of thiol groups is 1. The summed E-state index contributed by atoms with van der Waals surface area (Å²) in [5.41, 5.74) is 0.000859. The van der Waals surface area contributed by atoms with Crippen LogP contribution in [-0.4, -0.2) is 36.9 Å². The Morgan fingerprint density at radius 2 is 1.84 bits per heavy atom. The highest BCUT2D eigenvalue weighted by Crippen LogP contribution is 2.24. The monoisotopic (exact) mass is 301 g/mol. The van der Waals surface area contributed by atoms with Crippen LogP contribution >= 0.6 is 12.6 Å². The predicted molar refractivity (Wildman–Crippen MR) is 73.3 cm³/mol. The summed E-state index contributed by atoms with van der Waals surface area (Å²) in [5.74, 6) is -1.12. The standard InChI is InChI=1S/C12H15NO4S2/c14-12(15)10-5-4-9(8-11(10)18)19(16,17)13-6-2-1-3-7-13/h4-5,8,18H,1-3,6-7H2,(H,14,15). The first-order valence-corrected chi connectivity index (χ1v) is 7.88.